The lowest BCUT2D eigenvalue weighted by Gasteiger charge is -2.07. The molecule has 0 amide bonds. The summed E-state index contributed by atoms with van der Waals surface area (Å²) < 4.78 is 18.8. The Morgan fingerprint density at radius 1 is 1.50 bits per heavy atom. The lowest BCUT2D eigenvalue weighted by Crippen LogP contribution is -2.06. The zero-order chi connectivity index (χ0) is 14.5. The molecular formula is C13H12ClFN2O2S. The number of nitrogens with zero attached hydrogens (tertiary/aromatic N) is 1. The summed E-state index contributed by atoms with van der Waals surface area (Å²) in [5, 5.41) is 3.02. The van der Waals surface area contributed by atoms with Crippen molar-refractivity contribution >= 4 is 34.6 Å². The SMILES string of the molecule is CCOC(=O)c1cc(F)cc(NCc2cnc(Cl)s2)c1. The number of ether oxygens (including phenoxy) is 1. The lowest BCUT2D eigenvalue weighted by atomic mass is 10.2. The number of nitrogens with one attached hydrogen (secondary N) is 1. The number of halogens is 2. The molecule has 0 fully saturated rings. The summed E-state index contributed by atoms with van der Waals surface area (Å²) in [7, 11) is 0. The average Bonchev–Trinajstić information content (AvgIpc) is 2.82. The second kappa shape index (κ2) is 6.67. The van der Waals surface area contributed by atoms with Crippen LogP contribution < -0.4 is 5.32 Å². The van der Waals surface area contributed by atoms with Crippen LogP contribution in [0.1, 0.15) is 22.2 Å². The Morgan fingerprint density at radius 3 is 2.95 bits per heavy atom. The number of hydrogen-bond donors (Lipinski definition) is 1. The van der Waals surface area contributed by atoms with Crippen molar-refractivity contribution in [3.05, 3.63) is 45.1 Å². The summed E-state index contributed by atoms with van der Waals surface area (Å²) in [5.74, 6) is -1.05. The molecule has 20 heavy (non-hydrogen) atoms. The van der Waals surface area contributed by atoms with E-state index in [9.17, 15) is 9.18 Å². The maximum Gasteiger partial charge on any atom is 0.338 e. The van der Waals surface area contributed by atoms with E-state index in [0.717, 1.165) is 10.9 Å². The van der Waals surface area contributed by atoms with Crippen molar-refractivity contribution in [2.24, 2.45) is 0 Å². The second-order valence-corrected chi connectivity index (χ2v) is 5.58. The van der Waals surface area contributed by atoms with Gasteiger partial charge < -0.3 is 10.1 Å². The van der Waals surface area contributed by atoms with E-state index in [0.29, 0.717) is 16.7 Å². The van der Waals surface area contributed by atoms with Crippen molar-refractivity contribution in [3.8, 4) is 0 Å². The first kappa shape index (κ1) is 14.7. The van der Waals surface area contributed by atoms with Gasteiger partial charge in [0.1, 0.15) is 5.82 Å². The van der Waals surface area contributed by atoms with Gasteiger partial charge in [0.2, 0.25) is 0 Å². The Balaban J connectivity index is 2.09. The van der Waals surface area contributed by atoms with Gasteiger partial charge in [0.05, 0.1) is 18.7 Å². The molecule has 0 spiro atoms. The van der Waals surface area contributed by atoms with Crippen LogP contribution in [0.25, 0.3) is 0 Å². The molecule has 0 bridgehead atoms. The normalized spacial score (nSPS) is 10.3. The smallest absolute Gasteiger partial charge is 0.338 e. The van der Waals surface area contributed by atoms with Crippen molar-refractivity contribution in [2.45, 2.75) is 13.5 Å². The van der Waals surface area contributed by atoms with Crippen LogP contribution in [-0.4, -0.2) is 17.6 Å². The Bertz CT molecular complexity index is 618. The molecule has 1 aromatic carbocycles. The molecule has 1 heterocycles. The minimum atomic E-state index is -0.545. The van der Waals surface area contributed by atoms with Crippen LogP contribution in [0.4, 0.5) is 10.1 Å². The molecular weight excluding hydrogens is 303 g/mol. The topological polar surface area (TPSA) is 51.2 Å². The highest BCUT2D eigenvalue weighted by Gasteiger charge is 2.10. The maximum atomic E-state index is 13.5. The van der Waals surface area contributed by atoms with E-state index in [-0.39, 0.29) is 12.2 Å². The third-order valence-electron chi connectivity index (χ3n) is 2.40. The van der Waals surface area contributed by atoms with Gasteiger partial charge in [-0.15, -0.1) is 11.3 Å². The Hall–Kier alpha value is -1.66. The fourth-order valence-corrected chi connectivity index (χ4v) is 2.50. The standard InChI is InChI=1S/C13H12ClFN2O2S/c1-2-19-12(18)8-3-9(15)5-10(4-8)16-6-11-7-17-13(14)20-11/h3-5,7,16H,2,6H2,1H3. The number of anilines is 1. The van der Waals surface area contributed by atoms with Gasteiger partial charge in [0, 0.05) is 16.8 Å². The summed E-state index contributed by atoms with van der Waals surface area (Å²) in [6, 6.07) is 4.00. The van der Waals surface area contributed by atoms with E-state index in [1.165, 1.54) is 17.4 Å². The van der Waals surface area contributed by atoms with Crippen LogP contribution in [0.5, 0.6) is 0 Å². The number of aromatic nitrogens is 1. The molecule has 0 saturated heterocycles. The van der Waals surface area contributed by atoms with Crippen LogP contribution in [0.2, 0.25) is 4.47 Å². The minimum absolute atomic E-state index is 0.177. The van der Waals surface area contributed by atoms with Gasteiger partial charge in [0.25, 0.3) is 0 Å². The molecule has 1 aromatic heterocycles. The minimum Gasteiger partial charge on any atom is -0.462 e. The number of rotatable bonds is 5. The van der Waals surface area contributed by atoms with Crippen molar-refractivity contribution in [1.29, 1.82) is 0 Å². The van der Waals surface area contributed by atoms with Gasteiger partial charge in [-0.2, -0.15) is 0 Å². The predicted octanol–water partition coefficient (Wildman–Crippen LogP) is 3.72. The number of benzene rings is 1. The summed E-state index contributed by atoms with van der Waals surface area (Å²) in [6.07, 6.45) is 1.64. The number of carbonyl (C=O) groups is 1. The molecule has 1 N–H and O–H groups in total. The van der Waals surface area contributed by atoms with Gasteiger partial charge in [-0.25, -0.2) is 14.2 Å². The first-order valence-electron chi connectivity index (χ1n) is 5.90. The molecule has 2 rings (SSSR count). The van der Waals surface area contributed by atoms with Crippen LogP contribution >= 0.6 is 22.9 Å². The molecule has 106 valence electrons. The molecule has 0 aliphatic rings. The molecule has 7 heteroatoms. The predicted molar refractivity (Wildman–Crippen MR) is 76.8 cm³/mol. The fraction of sp³-hybridized carbons (Fsp3) is 0.231. The van der Waals surface area contributed by atoms with Crippen LogP contribution in [0.15, 0.2) is 24.4 Å². The summed E-state index contributed by atoms with van der Waals surface area (Å²) in [5.41, 5.74) is 0.675. The first-order chi connectivity index (χ1) is 9.58. The summed E-state index contributed by atoms with van der Waals surface area (Å²) in [6.45, 7) is 2.40. The van der Waals surface area contributed by atoms with Crippen molar-refractivity contribution in [2.75, 3.05) is 11.9 Å². The second-order valence-electron chi connectivity index (χ2n) is 3.88. The number of hydrogen-bond acceptors (Lipinski definition) is 5. The van der Waals surface area contributed by atoms with Crippen molar-refractivity contribution < 1.29 is 13.9 Å². The first-order valence-corrected chi connectivity index (χ1v) is 7.09. The molecule has 0 atom stereocenters. The molecule has 0 radical (unpaired) electrons. The Labute approximate surface area is 124 Å². The molecule has 2 aromatic rings. The monoisotopic (exact) mass is 314 g/mol. The third-order valence-corrected chi connectivity index (χ3v) is 3.52. The van der Waals surface area contributed by atoms with Gasteiger partial charge in [-0.1, -0.05) is 11.6 Å². The van der Waals surface area contributed by atoms with E-state index in [4.69, 9.17) is 16.3 Å². The van der Waals surface area contributed by atoms with Crippen molar-refractivity contribution in [1.82, 2.24) is 4.98 Å². The fourth-order valence-electron chi connectivity index (χ4n) is 1.58. The van der Waals surface area contributed by atoms with Gasteiger partial charge in [-0.05, 0) is 25.1 Å². The largest absolute Gasteiger partial charge is 0.462 e. The lowest BCUT2D eigenvalue weighted by molar-refractivity contribution is 0.0526. The number of carbonyl (C=O) groups excluding carboxylic acids is 1. The van der Waals surface area contributed by atoms with E-state index in [1.807, 2.05) is 0 Å². The van der Waals surface area contributed by atoms with E-state index in [1.54, 1.807) is 19.2 Å². The molecule has 0 unspecified atom stereocenters. The van der Waals surface area contributed by atoms with Crippen LogP contribution in [0, 0.1) is 5.82 Å². The zero-order valence-corrected chi connectivity index (χ0v) is 12.2. The quantitative estimate of drug-likeness (QED) is 0.854. The van der Waals surface area contributed by atoms with Gasteiger partial charge in [-0.3, -0.25) is 0 Å². The van der Waals surface area contributed by atoms with Gasteiger partial charge in [0.15, 0.2) is 4.47 Å². The molecule has 0 aliphatic heterocycles. The average molecular weight is 315 g/mol. The molecule has 4 nitrogen and oxygen atoms in total. The maximum absolute atomic E-state index is 13.5. The Morgan fingerprint density at radius 2 is 2.30 bits per heavy atom. The number of esters is 1. The zero-order valence-electron chi connectivity index (χ0n) is 10.7. The van der Waals surface area contributed by atoms with E-state index < -0.39 is 11.8 Å². The highest BCUT2D eigenvalue weighted by atomic mass is 35.5. The summed E-state index contributed by atoms with van der Waals surface area (Å²) in [4.78, 5) is 16.4. The third kappa shape index (κ3) is 3.91. The highest BCUT2D eigenvalue weighted by molar-refractivity contribution is 7.15. The highest BCUT2D eigenvalue weighted by Crippen LogP contribution is 2.20. The van der Waals surface area contributed by atoms with Crippen LogP contribution in [0.3, 0.4) is 0 Å². The van der Waals surface area contributed by atoms with E-state index in [2.05, 4.69) is 10.3 Å². The Kier molecular flexibility index (Phi) is 4.92. The van der Waals surface area contributed by atoms with Gasteiger partial charge >= 0.3 is 5.97 Å². The number of thiazole rings is 1. The van der Waals surface area contributed by atoms with E-state index >= 15 is 0 Å². The molecule has 0 aliphatic carbocycles. The van der Waals surface area contributed by atoms with Crippen LogP contribution in [-0.2, 0) is 11.3 Å². The molecule has 0 saturated carbocycles. The van der Waals surface area contributed by atoms with Crippen molar-refractivity contribution in [3.63, 3.8) is 0 Å². The summed E-state index contributed by atoms with van der Waals surface area (Å²) >= 11 is 7.06.